The zero-order valence-electron chi connectivity index (χ0n) is 13.5. The van der Waals surface area contributed by atoms with Crippen molar-refractivity contribution in [2.45, 2.75) is 38.7 Å². The first-order valence-corrected chi connectivity index (χ1v) is 8.48. The average Bonchev–Trinajstić information content (AvgIpc) is 3.31. The van der Waals surface area contributed by atoms with Crippen molar-refractivity contribution in [2.24, 2.45) is 5.92 Å². The van der Waals surface area contributed by atoms with Gasteiger partial charge in [0.25, 0.3) is 5.91 Å². The van der Waals surface area contributed by atoms with Crippen molar-refractivity contribution in [1.82, 2.24) is 9.88 Å². The molecule has 0 bridgehead atoms. The molecule has 1 atom stereocenters. The zero-order chi connectivity index (χ0) is 15.8. The maximum absolute atomic E-state index is 12.9. The maximum atomic E-state index is 12.9. The van der Waals surface area contributed by atoms with E-state index in [4.69, 9.17) is 9.15 Å². The molecule has 2 heterocycles. The van der Waals surface area contributed by atoms with E-state index in [1.54, 1.807) is 6.92 Å². The van der Waals surface area contributed by atoms with Gasteiger partial charge < -0.3 is 14.1 Å². The molecule has 0 spiro atoms. The third kappa shape index (κ3) is 3.11. The number of ether oxygens (including phenoxy) is 1. The van der Waals surface area contributed by atoms with Crippen molar-refractivity contribution < 1.29 is 13.9 Å². The highest BCUT2D eigenvalue weighted by atomic mass is 16.5. The van der Waals surface area contributed by atoms with E-state index in [0.717, 1.165) is 31.9 Å². The number of likely N-dealkylation sites (tertiary alicyclic amines) is 1. The molecule has 23 heavy (non-hydrogen) atoms. The van der Waals surface area contributed by atoms with Gasteiger partial charge in [-0.1, -0.05) is 6.07 Å². The summed E-state index contributed by atoms with van der Waals surface area (Å²) in [7, 11) is 0. The third-order valence-electron chi connectivity index (χ3n) is 4.69. The molecule has 1 saturated carbocycles. The fraction of sp³-hybridized carbons (Fsp3) is 0.556. The highest BCUT2D eigenvalue weighted by molar-refractivity contribution is 6.04. The van der Waals surface area contributed by atoms with Gasteiger partial charge in [-0.2, -0.15) is 0 Å². The molecule has 1 amide bonds. The van der Waals surface area contributed by atoms with Crippen LogP contribution >= 0.6 is 0 Å². The molecule has 0 N–H and O–H groups in total. The van der Waals surface area contributed by atoms with Gasteiger partial charge in [0.05, 0.1) is 11.7 Å². The van der Waals surface area contributed by atoms with Gasteiger partial charge in [-0.3, -0.25) is 4.79 Å². The lowest BCUT2D eigenvalue weighted by molar-refractivity contribution is -0.00237. The largest absolute Gasteiger partial charge is 0.441 e. The van der Waals surface area contributed by atoms with Crippen LogP contribution in [0.3, 0.4) is 0 Å². The van der Waals surface area contributed by atoms with Crippen molar-refractivity contribution >= 4 is 17.0 Å². The summed E-state index contributed by atoms with van der Waals surface area (Å²) in [4.78, 5) is 19.2. The number of benzene rings is 1. The van der Waals surface area contributed by atoms with Gasteiger partial charge in [-0.05, 0) is 43.7 Å². The second-order valence-electron chi connectivity index (χ2n) is 6.68. The number of fused-ring (bicyclic) bond motifs is 1. The molecular weight excluding hydrogens is 292 g/mol. The van der Waals surface area contributed by atoms with E-state index in [1.165, 1.54) is 12.8 Å². The molecule has 1 aromatic heterocycles. The number of hydrogen-bond donors (Lipinski definition) is 0. The van der Waals surface area contributed by atoms with Gasteiger partial charge in [-0.25, -0.2) is 4.98 Å². The van der Waals surface area contributed by atoms with Gasteiger partial charge in [0, 0.05) is 26.6 Å². The number of nitrogens with zero attached hydrogens (tertiary/aromatic N) is 2. The van der Waals surface area contributed by atoms with Crippen molar-refractivity contribution in [3.63, 3.8) is 0 Å². The molecule has 0 radical (unpaired) electrons. The second kappa shape index (κ2) is 5.96. The third-order valence-corrected chi connectivity index (χ3v) is 4.69. The van der Waals surface area contributed by atoms with E-state index >= 15 is 0 Å². The van der Waals surface area contributed by atoms with Crippen LogP contribution in [0.1, 0.15) is 41.9 Å². The van der Waals surface area contributed by atoms with Crippen LogP contribution in [0.5, 0.6) is 0 Å². The van der Waals surface area contributed by atoms with E-state index in [9.17, 15) is 4.79 Å². The summed E-state index contributed by atoms with van der Waals surface area (Å²) in [5.41, 5.74) is 1.96. The van der Waals surface area contributed by atoms with E-state index in [0.29, 0.717) is 29.1 Å². The van der Waals surface area contributed by atoms with E-state index in [2.05, 4.69) is 4.98 Å². The maximum Gasteiger partial charge on any atom is 0.256 e. The lowest BCUT2D eigenvalue weighted by Gasteiger charge is -2.32. The summed E-state index contributed by atoms with van der Waals surface area (Å²) in [6, 6.07) is 5.54. The van der Waals surface area contributed by atoms with Gasteiger partial charge in [0.15, 0.2) is 11.5 Å². The predicted molar refractivity (Wildman–Crippen MR) is 86.3 cm³/mol. The van der Waals surface area contributed by atoms with Crippen LogP contribution in [0.15, 0.2) is 22.6 Å². The standard InChI is InChI=1S/C18H22N2O3/c1-12-19-17-15(5-2-6-16(17)23-12)18(21)20-9-3-4-14(10-20)22-11-13-7-8-13/h2,5-6,13-14H,3-4,7-11H2,1H3. The Kier molecular flexibility index (Phi) is 3.81. The Morgan fingerprint density at radius 1 is 1.39 bits per heavy atom. The number of aromatic nitrogens is 1. The Bertz CT molecular complexity index is 720. The normalized spacial score (nSPS) is 21.8. The molecule has 1 aromatic carbocycles. The van der Waals surface area contributed by atoms with Gasteiger partial charge >= 0.3 is 0 Å². The molecule has 4 rings (SSSR count). The monoisotopic (exact) mass is 314 g/mol. The number of oxazole rings is 1. The van der Waals surface area contributed by atoms with Crippen LogP contribution in [-0.4, -0.2) is 41.6 Å². The van der Waals surface area contributed by atoms with Crippen molar-refractivity contribution in [2.75, 3.05) is 19.7 Å². The number of amides is 1. The van der Waals surface area contributed by atoms with E-state index in [1.807, 2.05) is 23.1 Å². The van der Waals surface area contributed by atoms with Gasteiger partial charge in [-0.15, -0.1) is 0 Å². The zero-order valence-corrected chi connectivity index (χ0v) is 13.5. The number of carbonyl (C=O) groups is 1. The Hall–Kier alpha value is -1.88. The van der Waals surface area contributed by atoms with Crippen LogP contribution < -0.4 is 0 Å². The first-order chi connectivity index (χ1) is 11.2. The lowest BCUT2D eigenvalue weighted by atomic mass is 10.1. The first-order valence-electron chi connectivity index (χ1n) is 8.48. The number of carbonyl (C=O) groups excluding carboxylic acids is 1. The molecule has 5 heteroatoms. The van der Waals surface area contributed by atoms with Gasteiger partial charge in [0.1, 0.15) is 5.52 Å². The number of hydrogen-bond acceptors (Lipinski definition) is 4. The summed E-state index contributed by atoms with van der Waals surface area (Å²) in [6.45, 7) is 4.12. The van der Waals surface area contributed by atoms with Crippen LogP contribution in [0, 0.1) is 12.8 Å². The Morgan fingerprint density at radius 2 is 2.26 bits per heavy atom. The Morgan fingerprint density at radius 3 is 3.09 bits per heavy atom. The minimum Gasteiger partial charge on any atom is -0.441 e. The summed E-state index contributed by atoms with van der Waals surface area (Å²) >= 11 is 0. The minimum atomic E-state index is 0.0311. The quantitative estimate of drug-likeness (QED) is 0.870. The SMILES string of the molecule is Cc1nc2c(C(=O)N3CCCC(OCC4CC4)C3)cccc2o1. The van der Waals surface area contributed by atoms with Gasteiger partial charge in [0.2, 0.25) is 0 Å². The summed E-state index contributed by atoms with van der Waals surface area (Å²) in [6.07, 6.45) is 4.80. The van der Waals surface area contributed by atoms with E-state index in [-0.39, 0.29) is 12.0 Å². The number of para-hydroxylation sites is 1. The van der Waals surface area contributed by atoms with Crippen molar-refractivity contribution in [3.8, 4) is 0 Å². The molecule has 1 unspecified atom stereocenters. The lowest BCUT2D eigenvalue weighted by Crippen LogP contribution is -2.43. The van der Waals surface area contributed by atoms with Crippen LogP contribution in [0.4, 0.5) is 0 Å². The average molecular weight is 314 g/mol. The molecule has 1 aliphatic heterocycles. The summed E-state index contributed by atoms with van der Waals surface area (Å²) < 4.78 is 11.5. The molecule has 122 valence electrons. The smallest absolute Gasteiger partial charge is 0.256 e. The van der Waals surface area contributed by atoms with Crippen molar-refractivity contribution in [3.05, 3.63) is 29.7 Å². The van der Waals surface area contributed by atoms with Crippen LogP contribution in [0.2, 0.25) is 0 Å². The number of piperidine rings is 1. The molecule has 1 aliphatic carbocycles. The van der Waals surface area contributed by atoms with Crippen LogP contribution in [0.25, 0.3) is 11.1 Å². The predicted octanol–water partition coefficient (Wildman–Crippen LogP) is 3.17. The van der Waals surface area contributed by atoms with Crippen LogP contribution in [-0.2, 0) is 4.74 Å². The Labute approximate surface area is 135 Å². The number of aryl methyl sites for hydroxylation is 1. The molecule has 2 aromatic rings. The highest BCUT2D eigenvalue weighted by Gasteiger charge is 2.29. The molecule has 5 nitrogen and oxygen atoms in total. The second-order valence-corrected chi connectivity index (χ2v) is 6.68. The summed E-state index contributed by atoms with van der Waals surface area (Å²) in [5.74, 6) is 1.38. The molecule has 2 aliphatic rings. The highest BCUT2D eigenvalue weighted by Crippen LogP contribution is 2.30. The fourth-order valence-corrected chi connectivity index (χ4v) is 3.22. The topological polar surface area (TPSA) is 55.6 Å². The molecule has 1 saturated heterocycles. The fourth-order valence-electron chi connectivity index (χ4n) is 3.22. The first kappa shape index (κ1) is 14.7. The summed E-state index contributed by atoms with van der Waals surface area (Å²) in [5, 5.41) is 0. The molecular formula is C18H22N2O3. The number of rotatable bonds is 4. The van der Waals surface area contributed by atoms with E-state index < -0.39 is 0 Å². The molecule has 2 fully saturated rings. The Balaban J connectivity index is 1.50. The minimum absolute atomic E-state index is 0.0311. The van der Waals surface area contributed by atoms with Crippen molar-refractivity contribution in [1.29, 1.82) is 0 Å².